The number of hydrogen-bond donors (Lipinski definition) is 0. The summed E-state index contributed by atoms with van der Waals surface area (Å²) in [5.41, 5.74) is -3.71. The number of esters is 4. The zero-order valence-corrected chi connectivity index (χ0v) is 33.4. The summed E-state index contributed by atoms with van der Waals surface area (Å²) in [6.45, 7) is 13.3. The predicted molar refractivity (Wildman–Crippen MR) is 179 cm³/mol. The highest BCUT2D eigenvalue weighted by atomic mass is 19.4. The molecular weight excluding hydrogens is 819 g/mol. The van der Waals surface area contributed by atoms with E-state index in [1.807, 2.05) is 0 Å². The summed E-state index contributed by atoms with van der Waals surface area (Å²) in [4.78, 5) is 51.7. The first-order valence-electron chi connectivity index (χ1n) is 18.2. The number of carbonyl (C=O) groups excluding carboxylic acids is 4. The fourth-order valence-electron chi connectivity index (χ4n) is 6.48. The summed E-state index contributed by atoms with van der Waals surface area (Å²) in [6, 6.07) is 0. The molecule has 21 heteroatoms. The van der Waals surface area contributed by atoms with Crippen LogP contribution >= 0.6 is 0 Å². The lowest BCUT2D eigenvalue weighted by Gasteiger charge is -2.40. The van der Waals surface area contributed by atoms with Crippen LogP contribution < -0.4 is 0 Å². The minimum Gasteiger partial charge on any atom is -0.465 e. The van der Waals surface area contributed by atoms with Gasteiger partial charge in [-0.05, 0) is 77.0 Å². The van der Waals surface area contributed by atoms with Crippen molar-refractivity contribution in [2.24, 2.45) is 28.1 Å². The molecule has 0 bridgehead atoms. The van der Waals surface area contributed by atoms with Crippen LogP contribution in [0, 0.1) is 28.1 Å². The Hall–Kier alpha value is -3.29. The number of carbonyl (C=O) groups is 4. The van der Waals surface area contributed by atoms with Crippen molar-refractivity contribution in [2.75, 3.05) is 19.8 Å². The average Bonchev–Trinajstić information content (AvgIpc) is 3.08. The second-order valence-corrected chi connectivity index (χ2v) is 16.5. The number of alkyl halides is 13. The summed E-state index contributed by atoms with van der Waals surface area (Å²) in [6.07, 6.45) is -9.92. The molecule has 0 saturated heterocycles. The molecule has 0 aromatic rings. The first kappa shape index (κ1) is 52.7. The van der Waals surface area contributed by atoms with E-state index in [1.54, 1.807) is 0 Å². The second kappa shape index (κ2) is 18.5. The molecule has 0 aromatic heterocycles. The van der Waals surface area contributed by atoms with Crippen molar-refractivity contribution in [1.29, 1.82) is 0 Å². The van der Waals surface area contributed by atoms with Gasteiger partial charge in [-0.25, -0.2) is 4.79 Å². The van der Waals surface area contributed by atoms with Gasteiger partial charge in [0.15, 0.2) is 0 Å². The van der Waals surface area contributed by atoms with Crippen molar-refractivity contribution in [3.8, 4) is 0 Å². The quantitative estimate of drug-likeness (QED) is 0.0392. The first-order valence-corrected chi connectivity index (χ1v) is 18.2. The second-order valence-electron chi connectivity index (χ2n) is 16.5. The lowest BCUT2D eigenvalue weighted by molar-refractivity contribution is -0.440. The largest absolute Gasteiger partial charge is 0.465 e. The smallest absolute Gasteiger partial charge is 0.460 e. The van der Waals surface area contributed by atoms with Gasteiger partial charge in [-0.15, -0.1) is 0 Å². The Kier molecular flexibility index (Phi) is 16.9. The van der Waals surface area contributed by atoms with Crippen LogP contribution in [0.3, 0.4) is 0 Å². The Morgan fingerprint density at radius 3 is 1.59 bits per heavy atom. The van der Waals surface area contributed by atoms with E-state index >= 15 is 0 Å². The van der Waals surface area contributed by atoms with Crippen molar-refractivity contribution < 1.29 is 95.2 Å². The Morgan fingerprint density at radius 2 is 1.14 bits per heavy atom. The third kappa shape index (κ3) is 11.7. The molecule has 3 atom stereocenters. The van der Waals surface area contributed by atoms with E-state index in [9.17, 15) is 76.3 Å². The molecule has 58 heavy (non-hydrogen) atoms. The van der Waals surface area contributed by atoms with Crippen molar-refractivity contribution >= 4 is 23.9 Å². The molecule has 1 aliphatic rings. The van der Waals surface area contributed by atoms with Gasteiger partial charge in [0.25, 0.3) is 0 Å². The fourth-order valence-corrected chi connectivity index (χ4v) is 6.48. The van der Waals surface area contributed by atoms with Gasteiger partial charge in [0.2, 0.25) is 0 Å². The normalized spacial score (nSPS) is 20.2. The number of hydrogen-bond acceptors (Lipinski definition) is 8. The summed E-state index contributed by atoms with van der Waals surface area (Å²) >= 11 is 0. The number of halogens is 13. The van der Waals surface area contributed by atoms with Gasteiger partial charge in [-0.1, -0.05) is 41.2 Å². The van der Waals surface area contributed by atoms with E-state index in [1.165, 1.54) is 27.7 Å². The Balaban J connectivity index is 3.31. The van der Waals surface area contributed by atoms with Crippen LogP contribution in [0.2, 0.25) is 0 Å². The Bertz CT molecular complexity index is 1470. The molecule has 0 N–H and O–H groups in total. The molecule has 0 amide bonds. The maximum Gasteiger partial charge on any atom is 0.460 e. The SMILES string of the molecule is C=C(C)C(=O)OCCOC(=O)C(C)CC(C)(CC(C)(CC)C(=O)OCCC(F)(F)C(F)(F)C(F)(F)C(F)(F)C(F)(F)C(F)(F)F)C(=O)OC1CCC(C(C)(C)C)CC1. The molecule has 0 spiro atoms. The summed E-state index contributed by atoms with van der Waals surface area (Å²) in [7, 11) is 0. The van der Waals surface area contributed by atoms with E-state index < -0.39 is 115 Å². The standard InChI is InChI=1S/C37H51F13O8/c1-10-30(8,27(53)57-16-15-32(38,39)33(40,41)34(42,43)35(44,45)36(46,47)37(48,49)50)20-31(9,19-22(4)26(52)56-18-17-55-25(51)21(2)3)28(54)58-24-13-11-23(12-14-24)29(5,6)7/h22-24H,2,10-20H2,1,3-9H3. The molecule has 0 heterocycles. The van der Waals surface area contributed by atoms with Crippen LogP contribution in [0.15, 0.2) is 12.2 Å². The van der Waals surface area contributed by atoms with E-state index in [0.29, 0.717) is 31.6 Å². The van der Waals surface area contributed by atoms with Crippen molar-refractivity contribution in [3.05, 3.63) is 12.2 Å². The number of rotatable bonds is 20. The highest BCUT2D eigenvalue weighted by molar-refractivity contribution is 5.87. The third-order valence-corrected chi connectivity index (χ3v) is 10.4. The molecule has 0 aliphatic heterocycles. The van der Waals surface area contributed by atoms with Gasteiger partial charge in [0.1, 0.15) is 19.3 Å². The van der Waals surface area contributed by atoms with Crippen LogP contribution in [-0.4, -0.2) is 85.6 Å². The lowest BCUT2D eigenvalue weighted by Crippen LogP contribution is -2.70. The van der Waals surface area contributed by atoms with Gasteiger partial charge in [-0.2, -0.15) is 57.1 Å². The monoisotopic (exact) mass is 870 g/mol. The summed E-state index contributed by atoms with van der Waals surface area (Å²) in [5, 5.41) is 0. The van der Waals surface area contributed by atoms with E-state index in [4.69, 9.17) is 14.2 Å². The van der Waals surface area contributed by atoms with E-state index in [-0.39, 0.29) is 24.0 Å². The topological polar surface area (TPSA) is 105 Å². The highest BCUT2D eigenvalue weighted by Crippen LogP contribution is 2.60. The van der Waals surface area contributed by atoms with Gasteiger partial charge in [-0.3, -0.25) is 14.4 Å². The molecule has 0 radical (unpaired) electrons. The first-order chi connectivity index (χ1) is 25.9. The molecular formula is C37H51F13O8. The maximum atomic E-state index is 14.4. The van der Waals surface area contributed by atoms with Crippen molar-refractivity contribution in [3.63, 3.8) is 0 Å². The molecule has 1 rings (SSSR count). The van der Waals surface area contributed by atoms with Crippen LogP contribution in [-0.2, 0) is 38.1 Å². The van der Waals surface area contributed by atoms with Crippen LogP contribution in [0.1, 0.15) is 107 Å². The van der Waals surface area contributed by atoms with E-state index in [2.05, 4.69) is 32.1 Å². The molecule has 0 aromatic carbocycles. The van der Waals surface area contributed by atoms with Gasteiger partial charge in [0.05, 0.1) is 29.8 Å². The molecule has 1 aliphatic carbocycles. The molecule has 1 fully saturated rings. The van der Waals surface area contributed by atoms with Crippen molar-refractivity contribution in [2.45, 2.75) is 149 Å². The van der Waals surface area contributed by atoms with Crippen LogP contribution in [0.25, 0.3) is 0 Å². The van der Waals surface area contributed by atoms with Gasteiger partial charge < -0.3 is 18.9 Å². The van der Waals surface area contributed by atoms with Crippen LogP contribution in [0.4, 0.5) is 57.1 Å². The molecule has 338 valence electrons. The van der Waals surface area contributed by atoms with Crippen molar-refractivity contribution in [1.82, 2.24) is 0 Å². The minimum absolute atomic E-state index is 0.0426. The van der Waals surface area contributed by atoms with Crippen LogP contribution in [0.5, 0.6) is 0 Å². The zero-order valence-electron chi connectivity index (χ0n) is 33.4. The summed E-state index contributed by atoms with van der Waals surface area (Å²) in [5.74, 6) is -42.9. The molecule has 8 nitrogen and oxygen atoms in total. The number of ether oxygens (including phenoxy) is 4. The van der Waals surface area contributed by atoms with Gasteiger partial charge >= 0.3 is 59.7 Å². The Morgan fingerprint density at radius 1 is 0.655 bits per heavy atom. The third-order valence-electron chi connectivity index (χ3n) is 10.4. The zero-order chi connectivity index (χ0) is 45.7. The molecule has 3 unspecified atom stereocenters. The summed E-state index contributed by atoms with van der Waals surface area (Å²) < 4.78 is 197. The lowest BCUT2D eigenvalue weighted by atomic mass is 9.68. The minimum atomic E-state index is -8.07. The van der Waals surface area contributed by atoms with Gasteiger partial charge in [0, 0.05) is 5.57 Å². The molecule has 1 saturated carbocycles. The van der Waals surface area contributed by atoms with E-state index in [0.717, 1.165) is 6.92 Å². The fraction of sp³-hybridized carbons (Fsp3) is 0.838. The maximum absolute atomic E-state index is 14.4. The Labute approximate surface area is 327 Å². The predicted octanol–water partition coefficient (Wildman–Crippen LogP) is 10.3. The highest BCUT2D eigenvalue weighted by Gasteiger charge is 2.90. The average molecular weight is 871 g/mol.